The van der Waals surface area contributed by atoms with E-state index in [1.54, 1.807) is 26.1 Å². The van der Waals surface area contributed by atoms with Crippen molar-refractivity contribution in [3.63, 3.8) is 0 Å². The second kappa shape index (κ2) is 7.79. The van der Waals surface area contributed by atoms with E-state index in [-0.39, 0.29) is 17.7 Å². The molecule has 1 rings (SSSR count). The molecule has 0 aliphatic heterocycles. The Labute approximate surface area is 137 Å². The van der Waals surface area contributed by atoms with Crippen LogP contribution in [0.1, 0.15) is 25.8 Å². The van der Waals surface area contributed by atoms with Crippen molar-refractivity contribution < 1.29 is 13.2 Å². The van der Waals surface area contributed by atoms with E-state index in [1.165, 1.54) is 11.2 Å². The third-order valence-corrected chi connectivity index (χ3v) is 4.75. The summed E-state index contributed by atoms with van der Waals surface area (Å²) >= 11 is 5.98. The van der Waals surface area contributed by atoms with Crippen molar-refractivity contribution in [2.24, 2.45) is 0 Å². The Balaban J connectivity index is 2.95. The number of carbonyl (C=O) groups excluding carboxylic acids is 1. The number of amides is 1. The monoisotopic (exact) mass is 343 g/mol. The summed E-state index contributed by atoms with van der Waals surface area (Å²) in [7, 11) is -1.51. The molecular formula is C16H22ClNO3S. The third-order valence-electron chi connectivity index (χ3n) is 3.43. The fourth-order valence-corrected chi connectivity index (χ4v) is 3.39. The van der Waals surface area contributed by atoms with Crippen molar-refractivity contribution >= 4 is 32.9 Å². The maximum Gasteiger partial charge on any atom is 0.246 e. The lowest BCUT2D eigenvalue weighted by molar-refractivity contribution is -0.126. The molecule has 0 saturated heterocycles. The van der Waals surface area contributed by atoms with Crippen LogP contribution in [0.25, 0.3) is 5.57 Å². The first-order valence-corrected chi connectivity index (χ1v) is 9.49. The lowest BCUT2D eigenvalue weighted by Gasteiger charge is -2.23. The van der Waals surface area contributed by atoms with Gasteiger partial charge in [0.1, 0.15) is 9.84 Å². The highest BCUT2D eigenvalue weighted by Crippen LogP contribution is 2.21. The summed E-state index contributed by atoms with van der Waals surface area (Å²) in [4.78, 5) is 13.8. The minimum absolute atomic E-state index is 0.0539. The molecule has 6 heteroatoms. The van der Waals surface area contributed by atoms with Gasteiger partial charge in [-0.05, 0) is 36.6 Å². The SMILES string of the molecule is CC/C(=C/C(=O)N(C)C(C)CS(C)(=O)=O)c1cccc(Cl)c1. The van der Waals surface area contributed by atoms with Crippen LogP contribution in [0.4, 0.5) is 0 Å². The maximum absolute atomic E-state index is 12.3. The van der Waals surface area contributed by atoms with Crippen molar-refractivity contribution in [1.82, 2.24) is 4.90 Å². The van der Waals surface area contributed by atoms with Crippen LogP contribution in [-0.2, 0) is 14.6 Å². The zero-order valence-corrected chi connectivity index (χ0v) is 14.9. The fraction of sp³-hybridized carbons (Fsp3) is 0.438. The van der Waals surface area contributed by atoms with Crippen LogP contribution in [0.2, 0.25) is 5.02 Å². The van der Waals surface area contributed by atoms with E-state index in [4.69, 9.17) is 11.6 Å². The lowest BCUT2D eigenvalue weighted by atomic mass is 10.0. The van der Waals surface area contributed by atoms with Gasteiger partial charge in [0.15, 0.2) is 0 Å². The topological polar surface area (TPSA) is 54.5 Å². The normalized spacial score (nSPS) is 13.8. The smallest absolute Gasteiger partial charge is 0.246 e. The molecule has 22 heavy (non-hydrogen) atoms. The predicted octanol–water partition coefficient (Wildman–Crippen LogP) is 3.02. The van der Waals surface area contributed by atoms with Gasteiger partial charge in [0.2, 0.25) is 5.91 Å². The largest absolute Gasteiger partial charge is 0.338 e. The zero-order valence-electron chi connectivity index (χ0n) is 13.3. The standard InChI is InChI=1S/C16H22ClNO3S/c1-5-13(14-7-6-8-15(17)9-14)10-16(19)18(3)12(2)11-22(4,20)21/h6-10,12H,5,11H2,1-4H3/b13-10-. The molecule has 1 atom stereocenters. The van der Waals surface area contributed by atoms with Crippen molar-refractivity contribution in [2.45, 2.75) is 26.3 Å². The molecule has 0 N–H and O–H groups in total. The Morgan fingerprint density at radius 1 is 1.41 bits per heavy atom. The van der Waals surface area contributed by atoms with Crippen LogP contribution in [0.3, 0.4) is 0 Å². The van der Waals surface area contributed by atoms with E-state index in [2.05, 4.69) is 0 Å². The molecule has 122 valence electrons. The van der Waals surface area contributed by atoms with Crippen LogP contribution >= 0.6 is 11.6 Å². The Morgan fingerprint density at radius 2 is 2.05 bits per heavy atom. The number of nitrogens with zero attached hydrogens (tertiary/aromatic N) is 1. The maximum atomic E-state index is 12.3. The highest BCUT2D eigenvalue weighted by atomic mass is 35.5. The highest BCUT2D eigenvalue weighted by Gasteiger charge is 2.19. The molecule has 0 aliphatic carbocycles. The molecule has 1 aromatic carbocycles. The summed E-state index contributed by atoms with van der Waals surface area (Å²) < 4.78 is 22.7. The van der Waals surface area contributed by atoms with Crippen LogP contribution < -0.4 is 0 Å². The van der Waals surface area contributed by atoms with E-state index in [1.807, 2.05) is 25.1 Å². The summed E-state index contributed by atoms with van der Waals surface area (Å²) in [5.74, 6) is -0.269. The van der Waals surface area contributed by atoms with Crippen LogP contribution in [0, 0.1) is 0 Å². The molecule has 1 aromatic rings. The third kappa shape index (κ3) is 5.81. The summed E-state index contributed by atoms with van der Waals surface area (Å²) in [6.07, 6.45) is 3.39. The molecule has 0 aromatic heterocycles. The van der Waals surface area contributed by atoms with Gasteiger partial charge in [0.25, 0.3) is 0 Å². The van der Waals surface area contributed by atoms with Crippen LogP contribution in [-0.4, -0.2) is 44.3 Å². The average Bonchev–Trinajstić information content (AvgIpc) is 2.41. The average molecular weight is 344 g/mol. The van der Waals surface area contributed by atoms with Crippen molar-refractivity contribution in [1.29, 1.82) is 0 Å². The van der Waals surface area contributed by atoms with Gasteiger partial charge in [-0.25, -0.2) is 8.42 Å². The number of benzene rings is 1. The Kier molecular flexibility index (Phi) is 6.63. The lowest BCUT2D eigenvalue weighted by Crippen LogP contribution is -2.38. The summed E-state index contributed by atoms with van der Waals surface area (Å²) in [5, 5.41) is 0.614. The molecule has 0 bridgehead atoms. The minimum Gasteiger partial charge on any atom is -0.338 e. The molecule has 4 nitrogen and oxygen atoms in total. The number of allylic oxidation sites excluding steroid dienone is 1. The molecule has 0 heterocycles. The van der Waals surface area contributed by atoms with Gasteiger partial charge in [-0.2, -0.15) is 0 Å². The molecule has 1 amide bonds. The number of hydrogen-bond acceptors (Lipinski definition) is 3. The Morgan fingerprint density at radius 3 is 2.55 bits per heavy atom. The molecule has 1 unspecified atom stereocenters. The number of hydrogen-bond donors (Lipinski definition) is 0. The van der Waals surface area contributed by atoms with E-state index >= 15 is 0 Å². The van der Waals surface area contributed by atoms with Gasteiger partial charge in [-0.1, -0.05) is 30.7 Å². The van der Waals surface area contributed by atoms with Crippen molar-refractivity contribution in [2.75, 3.05) is 19.1 Å². The number of sulfone groups is 1. The van der Waals surface area contributed by atoms with Crippen molar-refractivity contribution in [3.8, 4) is 0 Å². The first-order chi connectivity index (χ1) is 10.1. The summed E-state index contributed by atoms with van der Waals surface area (Å²) in [6.45, 7) is 3.68. The van der Waals surface area contributed by atoms with E-state index in [0.29, 0.717) is 11.4 Å². The van der Waals surface area contributed by atoms with Gasteiger partial charge in [-0.15, -0.1) is 0 Å². The number of carbonyl (C=O) groups is 1. The second-order valence-corrected chi connectivity index (χ2v) is 8.05. The van der Waals surface area contributed by atoms with Crippen LogP contribution in [0.5, 0.6) is 0 Å². The minimum atomic E-state index is -3.13. The van der Waals surface area contributed by atoms with E-state index in [9.17, 15) is 13.2 Å². The van der Waals surface area contributed by atoms with Gasteiger partial charge in [0.05, 0.1) is 5.75 Å². The van der Waals surface area contributed by atoms with Gasteiger partial charge in [-0.3, -0.25) is 4.79 Å². The second-order valence-electron chi connectivity index (χ2n) is 5.42. The Hall–Kier alpha value is -1.33. The quantitative estimate of drug-likeness (QED) is 0.746. The predicted molar refractivity (Wildman–Crippen MR) is 91.7 cm³/mol. The van der Waals surface area contributed by atoms with Gasteiger partial charge < -0.3 is 4.90 Å². The van der Waals surface area contributed by atoms with Gasteiger partial charge >= 0.3 is 0 Å². The van der Waals surface area contributed by atoms with Gasteiger partial charge in [0, 0.05) is 30.4 Å². The number of likely N-dealkylation sites (N-methyl/N-ethyl adjacent to an activating group) is 1. The van der Waals surface area contributed by atoms with Crippen molar-refractivity contribution in [3.05, 3.63) is 40.9 Å². The molecular weight excluding hydrogens is 322 g/mol. The van der Waals surface area contributed by atoms with E-state index < -0.39 is 9.84 Å². The Bertz CT molecular complexity index is 668. The molecule has 0 radical (unpaired) electrons. The molecule has 0 saturated carbocycles. The van der Waals surface area contributed by atoms with E-state index in [0.717, 1.165) is 11.1 Å². The molecule has 0 fully saturated rings. The fourth-order valence-electron chi connectivity index (χ4n) is 2.10. The number of rotatable bonds is 6. The summed E-state index contributed by atoms with van der Waals surface area (Å²) in [5.41, 5.74) is 1.76. The van der Waals surface area contributed by atoms with Crippen LogP contribution in [0.15, 0.2) is 30.3 Å². The zero-order chi connectivity index (χ0) is 16.9. The highest BCUT2D eigenvalue weighted by molar-refractivity contribution is 7.90. The first-order valence-electron chi connectivity index (χ1n) is 7.05. The first kappa shape index (κ1) is 18.7. The molecule has 0 aliphatic rings. The number of halogens is 1. The summed E-state index contributed by atoms with van der Waals surface area (Å²) in [6, 6.07) is 6.94. The molecule has 0 spiro atoms.